The van der Waals surface area contributed by atoms with Gasteiger partial charge >= 0.3 is 0 Å². The number of hydrogen-bond acceptors (Lipinski definition) is 2. The quantitative estimate of drug-likeness (QED) is 0.702. The number of carbonyl (C=O) groups is 1. The number of nitrogens with one attached hydrogen (secondary N) is 1. The summed E-state index contributed by atoms with van der Waals surface area (Å²) in [4.78, 5) is 11.7. The number of nitrogens with two attached hydrogens (primary N) is 1. The third kappa shape index (κ3) is 2.71. The maximum atomic E-state index is 11.7. The average Bonchev–Trinajstić information content (AvgIpc) is 1.98. The van der Waals surface area contributed by atoms with E-state index in [-0.39, 0.29) is 17.2 Å². The molecule has 82 valence electrons. The summed E-state index contributed by atoms with van der Waals surface area (Å²) in [6, 6.07) is 0.618. The van der Waals surface area contributed by atoms with Gasteiger partial charge in [-0.25, -0.2) is 0 Å². The Morgan fingerprint density at radius 1 is 1.43 bits per heavy atom. The summed E-state index contributed by atoms with van der Waals surface area (Å²) in [5.74, 6) is 0.216. The second kappa shape index (κ2) is 3.89. The zero-order valence-corrected chi connectivity index (χ0v) is 9.63. The number of amides is 1. The molecule has 0 aromatic heterocycles. The van der Waals surface area contributed by atoms with Crippen molar-refractivity contribution in [3.05, 3.63) is 0 Å². The third-order valence-corrected chi connectivity index (χ3v) is 3.21. The molecule has 3 nitrogen and oxygen atoms in total. The van der Waals surface area contributed by atoms with Gasteiger partial charge in [0.05, 0.1) is 0 Å². The molecule has 3 N–H and O–H groups in total. The van der Waals surface area contributed by atoms with Crippen molar-refractivity contribution in [3.63, 3.8) is 0 Å². The summed E-state index contributed by atoms with van der Waals surface area (Å²) in [7, 11) is 0. The number of hydrogen-bond donors (Lipinski definition) is 2. The van der Waals surface area contributed by atoms with Crippen LogP contribution in [0.5, 0.6) is 0 Å². The first-order valence-electron chi connectivity index (χ1n) is 5.36. The SMILES string of the molecule is CC(C(=O)NC1CC(N)C1)C(C)(C)C. The largest absolute Gasteiger partial charge is 0.353 e. The molecule has 1 fully saturated rings. The van der Waals surface area contributed by atoms with Crippen LogP contribution in [0.2, 0.25) is 0 Å². The Kier molecular flexibility index (Phi) is 3.20. The van der Waals surface area contributed by atoms with Gasteiger partial charge in [-0.15, -0.1) is 0 Å². The normalized spacial score (nSPS) is 29.2. The van der Waals surface area contributed by atoms with Gasteiger partial charge in [-0.3, -0.25) is 4.79 Å². The Balaban J connectivity index is 2.35. The highest BCUT2D eigenvalue weighted by molar-refractivity contribution is 5.79. The first kappa shape index (κ1) is 11.5. The van der Waals surface area contributed by atoms with E-state index in [0.717, 1.165) is 12.8 Å². The molecule has 1 amide bonds. The minimum atomic E-state index is 0.0376. The van der Waals surface area contributed by atoms with E-state index in [2.05, 4.69) is 26.1 Å². The molecular weight excluding hydrogens is 176 g/mol. The van der Waals surface area contributed by atoms with Gasteiger partial charge in [-0.05, 0) is 18.3 Å². The van der Waals surface area contributed by atoms with Gasteiger partial charge < -0.3 is 11.1 Å². The van der Waals surface area contributed by atoms with Gasteiger partial charge in [0.2, 0.25) is 5.91 Å². The summed E-state index contributed by atoms with van der Waals surface area (Å²) in [6.07, 6.45) is 1.87. The Bertz CT molecular complexity index is 214. The molecule has 0 saturated heterocycles. The van der Waals surface area contributed by atoms with Crippen LogP contribution in [0.1, 0.15) is 40.5 Å². The lowest BCUT2D eigenvalue weighted by Gasteiger charge is -2.35. The molecule has 0 aromatic carbocycles. The van der Waals surface area contributed by atoms with Crippen LogP contribution >= 0.6 is 0 Å². The molecule has 1 saturated carbocycles. The maximum absolute atomic E-state index is 11.7. The molecule has 0 radical (unpaired) electrons. The van der Waals surface area contributed by atoms with Gasteiger partial charge in [0.25, 0.3) is 0 Å². The van der Waals surface area contributed by atoms with E-state index in [1.807, 2.05) is 6.92 Å². The minimum absolute atomic E-state index is 0.0376. The van der Waals surface area contributed by atoms with Crippen molar-refractivity contribution in [1.82, 2.24) is 5.32 Å². The van der Waals surface area contributed by atoms with Crippen molar-refractivity contribution >= 4 is 5.91 Å². The van der Waals surface area contributed by atoms with E-state index >= 15 is 0 Å². The molecule has 3 heteroatoms. The molecule has 1 aliphatic rings. The van der Waals surface area contributed by atoms with Crippen LogP contribution in [0.3, 0.4) is 0 Å². The highest BCUT2D eigenvalue weighted by Crippen LogP contribution is 2.26. The summed E-state index contributed by atoms with van der Waals surface area (Å²) >= 11 is 0. The predicted molar refractivity (Wildman–Crippen MR) is 57.8 cm³/mol. The highest BCUT2D eigenvalue weighted by atomic mass is 16.2. The summed E-state index contributed by atoms with van der Waals surface area (Å²) in [5.41, 5.74) is 5.69. The van der Waals surface area contributed by atoms with E-state index in [1.54, 1.807) is 0 Å². The van der Waals surface area contributed by atoms with Crippen LogP contribution < -0.4 is 11.1 Å². The molecule has 0 aliphatic heterocycles. The third-order valence-electron chi connectivity index (χ3n) is 3.21. The molecule has 0 heterocycles. The molecule has 14 heavy (non-hydrogen) atoms. The lowest BCUT2D eigenvalue weighted by molar-refractivity contribution is -0.128. The van der Waals surface area contributed by atoms with Crippen LogP contribution in [0.4, 0.5) is 0 Å². The van der Waals surface area contributed by atoms with Gasteiger partial charge in [-0.2, -0.15) is 0 Å². The maximum Gasteiger partial charge on any atom is 0.223 e. The van der Waals surface area contributed by atoms with Crippen LogP contribution in [0, 0.1) is 11.3 Å². The molecule has 0 aromatic rings. The van der Waals surface area contributed by atoms with Gasteiger partial charge in [-0.1, -0.05) is 27.7 Å². The fourth-order valence-electron chi connectivity index (χ4n) is 1.50. The van der Waals surface area contributed by atoms with Crippen molar-refractivity contribution in [2.24, 2.45) is 17.1 Å². The zero-order chi connectivity index (χ0) is 10.9. The fourth-order valence-corrected chi connectivity index (χ4v) is 1.50. The molecule has 0 spiro atoms. The van der Waals surface area contributed by atoms with Crippen molar-refractivity contribution in [3.8, 4) is 0 Å². The van der Waals surface area contributed by atoms with Crippen LogP contribution in [0.25, 0.3) is 0 Å². The van der Waals surface area contributed by atoms with Crippen molar-refractivity contribution in [2.45, 2.75) is 52.6 Å². The van der Waals surface area contributed by atoms with Gasteiger partial charge in [0, 0.05) is 18.0 Å². The van der Waals surface area contributed by atoms with Crippen LogP contribution in [-0.4, -0.2) is 18.0 Å². The van der Waals surface area contributed by atoms with Crippen LogP contribution in [0.15, 0.2) is 0 Å². The Morgan fingerprint density at radius 3 is 2.29 bits per heavy atom. The highest BCUT2D eigenvalue weighted by Gasteiger charge is 2.32. The molecule has 0 bridgehead atoms. The second-order valence-corrected chi connectivity index (χ2v) is 5.52. The monoisotopic (exact) mass is 198 g/mol. The lowest BCUT2D eigenvalue weighted by Crippen LogP contribution is -2.52. The molecule has 1 aliphatic carbocycles. The van der Waals surface area contributed by atoms with E-state index in [9.17, 15) is 4.79 Å². The van der Waals surface area contributed by atoms with Crippen molar-refractivity contribution in [2.75, 3.05) is 0 Å². The van der Waals surface area contributed by atoms with Gasteiger partial charge in [0.15, 0.2) is 0 Å². The van der Waals surface area contributed by atoms with Crippen LogP contribution in [-0.2, 0) is 4.79 Å². The number of rotatable bonds is 2. The first-order valence-corrected chi connectivity index (χ1v) is 5.36. The molecule has 1 unspecified atom stereocenters. The standard InChI is InChI=1S/C11H22N2O/c1-7(11(2,3)4)10(14)13-9-5-8(12)6-9/h7-9H,5-6,12H2,1-4H3,(H,13,14). The van der Waals surface area contributed by atoms with Crippen molar-refractivity contribution in [1.29, 1.82) is 0 Å². The molecule has 1 atom stereocenters. The predicted octanol–water partition coefficient (Wildman–Crippen LogP) is 1.27. The van der Waals surface area contributed by atoms with Gasteiger partial charge in [0.1, 0.15) is 0 Å². The average molecular weight is 198 g/mol. The Labute approximate surface area is 86.4 Å². The Hall–Kier alpha value is -0.570. The number of carbonyl (C=O) groups excluding carboxylic acids is 1. The van der Waals surface area contributed by atoms with E-state index in [1.165, 1.54) is 0 Å². The van der Waals surface area contributed by atoms with Crippen molar-refractivity contribution < 1.29 is 4.79 Å². The summed E-state index contributed by atoms with van der Waals surface area (Å²) in [6.45, 7) is 8.24. The topological polar surface area (TPSA) is 55.1 Å². The minimum Gasteiger partial charge on any atom is -0.353 e. The zero-order valence-electron chi connectivity index (χ0n) is 9.63. The fraction of sp³-hybridized carbons (Fsp3) is 0.909. The first-order chi connectivity index (χ1) is 6.30. The second-order valence-electron chi connectivity index (χ2n) is 5.52. The smallest absolute Gasteiger partial charge is 0.223 e. The van der Waals surface area contributed by atoms with E-state index in [4.69, 9.17) is 5.73 Å². The molecule has 1 rings (SSSR count). The lowest BCUT2D eigenvalue weighted by atomic mass is 9.80. The summed E-state index contributed by atoms with van der Waals surface area (Å²) in [5, 5.41) is 3.03. The molecular formula is C11H22N2O. The van der Waals surface area contributed by atoms with E-state index < -0.39 is 0 Å². The van der Waals surface area contributed by atoms with E-state index in [0.29, 0.717) is 12.1 Å². The Morgan fingerprint density at radius 2 is 1.93 bits per heavy atom. The summed E-state index contributed by atoms with van der Waals surface area (Å²) < 4.78 is 0.